The maximum Gasteiger partial charge on any atom is 0.243 e. The number of carbonyl (C=O) groups is 1. The number of piperidine rings is 1. The highest BCUT2D eigenvalue weighted by Crippen LogP contribution is 2.33. The molecule has 118 valence electrons. The summed E-state index contributed by atoms with van der Waals surface area (Å²) in [7, 11) is 0. The summed E-state index contributed by atoms with van der Waals surface area (Å²) >= 11 is 1.43. The molecule has 4 rings (SSSR count). The standard InChI is InChI=1S/C17H16FN3OS/c18-11-5-6-12-10(9-11)4-7-13-15(12)23-17(20-13)21-16(22)14-3-1-2-8-19-14/h4-7,9,14,19H,1-3,8H2,(H,20,21,22)/t14-/m0/s1. The molecule has 0 aliphatic carbocycles. The highest BCUT2D eigenvalue weighted by atomic mass is 32.1. The Labute approximate surface area is 136 Å². The molecule has 1 amide bonds. The van der Waals surface area contributed by atoms with Gasteiger partial charge in [0.2, 0.25) is 5.91 Å². The molecular formula is C17H16FN3OS. The van der Waals surface area contributed by atoms with Crippen LogP contribution in [0.3, 0.4) is 0 Å². The molecule has 6 heteroatoms. The monoisotopic (exact) mass is 329 g/mol. The van der Waals surface area contributed by atoms with Crippen LogP contribution in [-0.2, 0) is 4.79 Å². The number of thiazole rings is 1. The molecule has 4 nitrogen and oxygen atoms in total. The van der Waals surface area contributed by atoms with Crippen molar-refractivity contribution in [1.82, 2.24) is 10.3 Å². The Hall–Kier alpha value is -2.05. The first kappa shape index (κ1) is 14.5. The molecule has 1 aliphatic heterocycles. The fourth-order valence-corrected chi connectivity index (χ4v) is 4.01. The van der Waals surface area contributed by atoms with Gasteiger partial charge in [-0.15, -0.1) is 0 Å². The largest absolute Gasteiger partial charge is 0.306 e. The van der Waals surface area contributed by atoms with Crippen molar-refractivity contribution in [2.24, 2.45) is 0 Å². The molecule has 3 aromatic rings. The summed E-state index contributed by atoms with van der Waals surface area (Å²) in [4.78, 5) is 16.8. The van der Waals surface area contributed by atoms with E-state index in [1.54, 1.807) is 6.07 Å². The van der Waals surface area contributed by atoms with Gasteiger partial charge >= 0.3 is 0 Å². The first-order valence-electron chi connectivity index (χ1n) is 7.74. The second kappa shape index (κ2) is 5.86. The fourth-order valence-electron chi connectivity index (χ4n) is 3.01. The normalized spacial score (nSPS) is 18.4. The number of benzene rings is 2. The van der Waals surface area contributed by atoms with Crippen molar-refractivity contribution in [2.75, 3.05) is 11.9 Å². The van der Waals surface area contributed by atoms with Crippen LogP contribution in [0.5, 0.6) is 0 Å². The van der Waals surface area contributed by atoms with E-state index in [4.69, 9.17) is 0 Å². The number of hydrogen-bond acceptors (Lipinski definition) is 4. The van der Waals surface area contributed by atoms with Gasteiger partial charge < -0.3 is 10.6 Å². The molecule has 23 heavy (non-hydrogen) atoms. The van der Waals surface area contributed by atoms with Crippen LogP contribution in [-0.4, -0.2) is 23.5 Å². The van der Waals surface area contributed by atoms with Crippen LogP contribution >= 0.6 is 11.3 Å². The van der Waals surface area contributed by atoms with Crippen molar-refractivity contribution in [3.63, 3.8) is 0 Å². The lowest BCUT2D eigenvalue weighted by molar-refractivity contribution is -0.118. The van der Waals surface area contributed by atoms with Crippen LogP contribution in [0.25, 0.3) is 21.0 Å². The molecule has 1 fully saturated rings. The third kappa shape index (κ3) is 2.80. The van der Waals surface area contributed by atoms with E-state index in [0.717, 1.165) is 46.8 Å². The minimum atomic E-state index is -0.252. The van der Waals surface area contributed by atoms with Crippen LogP contribution in [0.15, 0.2) is 30.3 Å². The topological polar surface area (TPSA) is 54.0 Å². The van der Waals surface area contributed by atoms with Crippen LogP contribution in [0, 0.1) is 5.82 Å². The maximum absolute atomic E-state index is 13.3. The third-order valence-corrected chi connectivity index (χ3v) is 5.21. The van der Waals surface area contributed by atoms with E-state index in [2.05, 4.69) is 15.6 Å². The van der Waals surface area contributed by atoms with Gasteiger partial charge in [-0.1, -0.05) is 23.8 Å². The Morgan fingerprint density at radius 3 is 3.04 bits per heavy atom. The van der Waals surface area contributed by atoms with Crippen molar-refractivity contribution in [2.45, 2.75) is 25.3 Å². The molecule has 0 unspecified atom stereocenters. The lowest BCUT2D eigenvalue weighted by atomic mass is 10.0. The third-order valence-electron chi connectivity index (χ3n) is 4.19. The van der Waals surface area contributed by atoms with E-state index in [9.17, 15) is 9.18 Å². The molecule has 1 aromatic heterocycles. The lowest BCUT2D eigenvalue weighted by Crippen LogP contribution is -2.43. The van der Waals surface area contributed by atoms with Gasteiger partial charge in [-0.2, -0.15) is 0 Å². The van der Waals surface area contributed by atoms with Crippen LogP contribution in [0.2, 0.25) is 0 Å². The minimum Gasteiger partial charge on any atom is -0.306 e. The Morgan fingerprint density at radius 2 is 2.22 bits per heavy atom. The number of amides is 1. The van der Waals surface area contributed by atoms with E-state index >= 15 is 0 Å². The van der Waals surface area contributed by atoms with Gasteiger partial charge in [-0.25, -0.2) is 9.37 Å². The highest BCUT2D eigenvalue weighted by molar-refractivity contribution is 7.23. The van der Waals surface area contributed by atoms with Gasteiger partial charge in [0.05, 0.1) is 16.3 Å². The Balaban J connectivity index is 1.66. The number of nitrogens with zero attached hydrogens (tertiary/aromatic N) is 1. The van der Waals surface area contributed by atoms with Gasteiger partial charge in [0, 0.05) is 5.39 Å². The number of rotatable bonds is 2. The van der Waals surface area contributed by atoms with E-state index in [0.29, 0.717) is 5.13 Å². The molecule has 0 bridgehead atoms. The second-order valence-electron chi connectivity index (χ2n) is 5.79. The zero-order valence-corrected chi connectivity index (χ0v) is 13.3. The smallest absolute Gasteiger partial charge is 0.243 e. The highest BCUT2D eigenvalue weighted by Gasteiger charge is 2.21. The Bertz CT molecular complexity index is 886. The van der Waals surface area contributed by atoms with Gasteiger partial charge in [-0.3, -0.25) is 4.79 Å². The SMILES string of the molecule is O=C(Nc1nc2ccc3cc(F)ccc3c2s1)[C@@H]1CCCCN1. The number of halogens is 1. The number of aromatic nitrogens is 1. The van der Waals surface area contributed by atoms with Gasteiger partial charge in [-0.05, 0) is 49.0 Å². The minimum absolute atomic E-state index is 0.0286. The maximum atomic E-state index is 13.3. The van der Waals surface area contributed by atoms with Crippen molar-refractivity contribution >= 4 is 43.4 Å². The average Bonchev–Trinajstić information content (AvgIpc) is 2.98. The summed E-state index contributed by atoms with van der Waals surface area (Å²) < 4.78 is 14.3. The quantitative estimate of drug-likeness (QED) is 0.754. The molecule has 2 aromatic carbocycles. The number of anilines is 1. The molecule has 1 aliphatic rings. The summed E-state index contributed by atoms with van der Waals surface area (Å²) in [5.74, 6) is -0.280. The van der Waals surface area contributed by atoms with Crippen molar-refractivity contribution in [3.05, 3.63) is 36.1 Å². The number of carbonyl (C=O) groups excluding carboxylic acids is 1. The molecule has 2 N–H and O–H groups in total. The van der Waals surface area contributed by atoms with Crippen molar-refractivity contribution in [3.8, 4) is 0 Å². The number of nitrogens with one attached hydrogen (secondary N) is 2. The lowest BCUT2D eigenvalue weighted by Gasteiger charge is -2.21. The van der Waals surface area contributed by atoms with Crippen LogP contribution < -0.4 is 10.6 Å². The predicted molar refractivity (Wildman–Crippen MR) is 91.4 cm³/mol. The van der Waals surface area contributed by atoms with Crippen LogP contribution in [0.1, 0.15) is 19.3 Å². The summed E-state index contributed by atoms with van der Waals surface area (Å²) in [6.07, 6.45) is 3.05. The first-order chi connectivity index (χ1) is 11.2. The molecule has 0 saturated carbocycles. The van der Waals surface area contributed by atoms with E-state index in [1.165, 1.54) is 23.5 Å². The van der Waals surface area contributed by atoms with Gasteiger partial charge in [0.25, 0.3) is 0 Å². The van der Waals surface area contributed by atoms with Crippen molar-refractivity contribution < 1.29 is 9.18 Å². The molecule has 1 saturated heterocycles. The van der Waals surface area contributed by atoms with Crippen LogP contribution in [0.4, 0.5) is 9.52 Å². The molecule has 2 heterocycles. The second-order valence-corrected chi connectivity index (χ2v) is 6.79. The molecule has 0 spiro atoms. The summed E-state index contributed by atoms with van der Waals surface area (Å²) in [5.41, 5.74) is 0.820. The summed E-state index contributed by atoms with van der Waals surface area (Å²) in [6, 6.07) is 8.31. The molecular weight excluding hydrogens is 313 g/mol. The molecule has 1 atom stereocenters. The summed E-state index contributed by atoms with van der Waals surface area (Å²) in [6.45, 7) is 0.883. The first-order valence-corrected chi connectivity index (χ1v) is 8.55. The fraction of sp³-hybridized carbons (Fsp3) is 0.294. The summed E-state index contributed by atoms with van der Waals surface area (Å²) in [5, 5.41) is 8.53. The van der Waals surface area contributed by atoms with E-state index in [-0.39, 0.29) is 17.8 Å². The van der Waals surface area contributed by atoms with E-state index in [1.807, 2.05) is 12.1 Å². The van der Waals surface area contributed by atoms with Gasteiger partial charge in [0.1, 0.15) is 5.82 Å². The average molecular weight is 329 g/mol. The number of hydrogen-bond donors (Lipinski definition) is 2. The zero-order valence-electron chi connectivity index (χ0n) is 12.4. The number of fused-ring (bicyclic) bond motifs is 3. The van der Waals surface area contributed by atoms with Crippen molar-refractivity contribution in [1.29, 1.82) is 0 Å². The zero-order chi connectivity index (χ0) is 15.8. The Kier molecular flexibility index (Phi) is 3.71. The molecule has 0 radical (unpaired) electrons. The van der Waals surface area contributed by atoms with Gasteiger partial charge in [0.15, 0.2) is 5.13 Å². The Morgan fingerprint density at radius 1 is 1.30 bits per heavy atom. The van der Waals surface area contributed by atoms with E-state index < -0.39 is 0 Å². The predicted octanol–water partition coefficient (Wildman–Crippen LogP) is 3.67.